The summed E-state index contributed by atoms with van der Waals surface area (Å²) in [7, 11) is 0. The number of carbonyl (C=O) groups is 1. The van der Waals surface area contributed by atoms with Crippen LogP contribution >= 0.6 is 11.3 Å². The fourth-order valence-corrected chi connectivity index (χ4v) is 2.31. The molecule has 1 amide bonds. The van der Waals surface area contributed by atoms with Gasteiger partial charge in [-0.2, -0.15) is 10.2 Å². The van der Waals surface area contributed by atoms with Crippen LogP contribution in [-0.2, 0) is 6.54 Å². The highest BCUT2D eigenvalue weighted by Gasteiger charge is 2.15. The van der Waals surface area contributed by atoms with Gasteiger partial charge in [-0.1, -0.05) is 18.3 Å². The van der Waals surface area contributed by atoms with E-state index in [0.29, 0.717) is 22.2 Å². The summed E-state index contributed by atoms with van der Waals surface area (Å²) >= 11 is 1.25. The Labute approximate surface area is 120 Å². The number of nitrogens with one attached hydrogen (secondary N) is 2. The molecular formula is C12H16N6OS. The van der Waals surface area contributed by atoms with E-state index in [1.54, 1.807) is 18.3 Å². The van der Waals surface area contributed by atoms with Crippen molar-refractivity contribution in [3.8, 4) is 0 Å². The molecule has 0 aromatic carbocycles. The van der Waals surface area contributed by atoms with Gasteiger partial charge in [-0.05, 0) is 18.6 Å². The zero-order valence-corrected chi connectivity index (χ0v) is 11.9. The van der Waals surface area contributed by atoms with E-state index in [-0.39, 0.29) is 11.7 Å². The number of nitrogens with two attached hydrogens (primary N) is 1. The smallest absolute Gasteiger partial charge is 0.265 e. The standard InChI is InChI=1S/C12H16N6OS/c1-2-5-14-12-17-10(13)9(20-12)11(19)15-7-8-4-3-6-16-18-8/h3-4,6H,2,5,7,13H2,1H3,(H,14,17)(H,15,19). The number of thiazole rings is 1. The average Bonchev–Trinajstić information content (AvgIpc) is 2.85. The van der Waals surface area contributed by atoms with Crippen LogP contribution in [-0.4, -0.2) is 27.6 Å². The van der Waals surface area contributed by atoms with Crippen molar-refractivity contribution in [2.45, 2.75) is 19.9 Å². The molecule has 2 aromatic heterocycles. The van der Waals surface area contributed by atoms with Gasteiger partial charge in [0.05, 0.1) is 12.2 Å². The number of nitrogens with zero attached hydrogens (tertiary/aromatic N) is 3. The summed E-state index contributed by atoms with van der Waals surface area (Å²) in [4.78, 5) is 16.6. The van der Waals surface area contributed by atoms with Crippen molar-refractivity contribution in [3.63, 3.8) is 0 Å². The summed E-state index contributed by atoms with van der Waals surface area (Å²) in [5, 5.41) is 14.2. The zero-order chi connectivity index (χ0) is 14.4. The number of rotatable bonds is 6. The normalized spacial score (nSPS) is 10.2. The Morgan fingerprint density at radius 1 is 1.50 bits per heavy atom. The van der Waals surface area contributed by atoms with Gasteiger partial charge >= 0.3 is 0 Å². The fourth-order valence-electron chi connectivity index (χ4n) is 1.48. The Morgan fingerprint density at radius 3 is 3.05 bits per heavy atom. The SMILES string of the molecule is CCCNc1nc(N)c(C(=O)NCc2cccnn2)s1. The molecule has 0 aliphatic heterocycles. The number of nitrogen functional groups attached to an aromatic ring is 1. The predicted octanol–water partition coefficient (Wildman–Crippen LogP) is 1.27. The van der Waals surface area contributed by atoms with Gasteiger partial charge in [-0.25, -0.2) is 4.98 Å². The van der Waals surface area contributed by atoms with E-state index >= 15 is 0 Å². The second-order valence-corrected chi connectivity index (χ2v) is 5.06. The molecule has 2 rings (SSSR count). The molecule has 0 saturated carbocycles. The third-order valence-electron chi connectivity index (χ3n) is 2.44. The third kappa shape index (κ3) is 3.64. The highest BCUT2D eigenvalue weighted by molar-refractivity contribution is 7.18. The van der Waals surface area contributed by atoms with Crippen molar-refractivity contribution < 1.29 is 4.79 Å². The van der Waals surface area contributed by atoms with Crippen LogP contribution in [0.15, 0.2) is 18.3 Å². The molecule has 0 aliphatic rings. The lowest BCUT2D eigenvalue weighted by atomic mass is 10.3. The van der Waals surface area contributed by atoms with Gasteiger partial charge in [-0.15, -0.1) is 0 Å². The molecule has 20 heavy (non-hydrogen) atoms. The monoisotopic (exact) mass is 292 g/mol. The topological polar surface area (TPSA) is 106 Å². The summed E-state index contributed by atoms with van der Waals surface area (Å²) < 4.78 is 0. The molecule has 0 saturated heterocycles. The maximum absolute atomic E-state index is 12.0. The number of hydrogen-bond donors (Lipinski definition) is 3. The molecule has 0 bridgehead atoms. The first kappa shape index (κ1) is 14.2. The molecular weight excluding hydrogens is 276 g/mol. The Morgan fingerprint density at radius 2 is 2.35 bits per heavy atom. The third-order valence-corrected chi connectivity index (χ3v) is 3.47. The highest BCUT2D eigenvalue weighted by Crippen LogP contribution is 2.24. The molecule has 0 atom stereocenters. The lowest BCUT2D eigenvalue weighted by Gasteiger charge is -2.02. The van der Waals surface area contributed by atoms with Crippen LogP contribution in [0.1, 0.15) is 28.7 Å². The van der Waals surface area contributed by atoms with Crippen molar-refractivity contribution in [2.24, 2.45) is 0 Å². The van der Waals surface area contributed by atoms with E-state index in [1.807, 2.05) is 0 Å². The molecule has 4 N–H and O–H groups in total. The van der Waals surface area contributed by atoms with E-state index in [2.05, 4.69) is 32.7 Å². The van der Waals surface area contributed by atoms with Crippen molar-refractivity contribution >= 4 is 28.2 Å². The van der Waals surface area contributed by atoms with Crippen LogP contribution in [0, 0.1) is 0 Å². The first-order chi connectivity index (χ1) is 9.70. The van der Waals surface area contributed by atoms with Gasteiger partial charge in [0.2, 0.25) is 0 Å². The summed E-state index contributed by atoms with van der Waals surface area (Å²) in [5.41, 5.74) is 6.44. The van der Waals surface area contributed by atoms with Crippen LogP contribution in [0.3, 0.4) is 0 Å². The second-order valence-electron chi connectivity index (χ2n) is 4.06. The van der Waals surface area contributed by atoms with Crippen LogP contribution < -0.4 is 16.4 Å². The van der Waals surface area contributed by atoms with Crippen LogP contribution in [0.2, 0.25) is 0 Å². The zero-order valence-electron chi connectivity index (χ0n) is 11.1. The van der Waals surface area contributed by atoms with E-state index in [9.17, 15) is 4.79 Å². The minimum atomic E-state index is -0.254. The van der Waals surface area contributed by atoms with Crippen molar-refractivity contribution in [3.05, 3.63) is 28.9 Å². The molecule has 2 aromatic rings. The predicted molar refractivity (Wildman–Crippen MR) is 78.5 cm³/mol. The van der Waals surface area contributed by atoms with E-state index < -0.39 is 0 Å². The number of aromatic nitrogens is 3. The number of carbonyl (C=O) groups excluding carboxylic acids is 1. The van der Waals surface area contributed by atoms with Crippen molar-refractivity contribution in [2.75, 3.05) is 17.6 Å². The number of anilines is 2. The summed E-state index contributed by atoms with van der Waals surface area (Å²) in [6.45, 7) is 3.16. The first-order valence-corrected chi connectivity index (χ1v) is 7.07. The highest BCUT2D eigenvalue weighted by atomic mass is 32.1. The maximum Gasteiger partial charge on any atom is 0.265 e. The minimum Gasteiger partial charge on any atom is -0.382 e. The van der Waals surface area contributed by atoms with Crippen molar-refractivity contribution in [1.82, 2.24) is 20.5 Å². The molecule has 0 radical (unpaired) electrons. The number of amides is 1. The van der Waals surface area contributed by atoms with Gasteiger partial charge in [-0.3, -0.25) is 4.79 Å². The van der Waals surface area contributed by atoms with Gasteiger partial charge in [0.25, 0.3) is 5.91 Å². The van der Waals surface area contributed by atoms with E-state index in [0.717, 1.165) is 13.0 Å². The molecule has 106 valence electrons. The van der Waals surface area contributed by atoms with Gasteiger partial charge < -0.3 is 16.4 Å². The quantitative estimate of drug-likeness (QED) is 0.740. The lowest BCUT2D eigenvalue weighted by Crippen LogP contribution is -2.23. The summed E-state index contributed by atoms with van der Waals surface area (Å²) in [6, 6.07) is 3.56. The average molecular weight is 292 g/mol. The maximum atomic E-state index is 12.0. The van der Waals surface area contributed by atoms with Crippen LogP contribution in [0.25, 0.3) is 0 Å². The molecule has 0 spiro atoms. The lowest BCUT2D eigenvalue weighted by molar-refractivity contribution is 0.0955. The van der Waals surface area contributed by atoms with E-state index in [1.165, 1.54) is 11.3 Å². The van der Waals surface area contributed by atoms with Gasteiger partial charge in [0, 0.05) is 12.7 Å². The molecule has 0 aliphatic carbocycles. The minimum absolute atomic E-state index is 0.241. The molecule has 0 unspecified atom stereocenters. The van der Waals surface area contributed by atoms with Gasteiger partial charge in [0.15, 0.2) is 5.13 Å². The Balaban J connectivity index is 1.96. The van der Waals surface area contributed by atoms with Gasteiger partial charge in [0.1, 0.15) is 10.7 Å². The van der Waals surface area contributed by atoms with E-state index in [4.69, 9.17) is 5.73 Å². The summed E-state index contributed by atoms with van der Waals surface area (Å²) in [5.74, 6) is -0.0135. The second kappa shape index (κ2) is 6.80. The summed E-state index contributed by atoms with van der Waals surface area (Å²) in [6.07, 6.45) is 2.56. The number of hydrogen-bond acceptors (Lipinski definition) is 7. The molecule has 0 fully saturated rings. The van der Waals surface area contributed by atoms with Crippen LogP contribution in [0.5, 0.6) is 0 Å². The Kier molecular flexibility index (Phi) is 4.83. The first-order valence-electron chi connectivity index (χ1n) is 6.25. The largest absolute Gasteiger partial charge is 0.382 e. The Bertz CT molecular complexity index is 571. The van der Waals surface area contributed by atoms with Crippen molar-refractivity contribution in [1.29, 1.82) is 0 Å². The van der Waals surface area contributed by atoms with Crippen LogP contribution in [0.4, 0.5) is 10.9 Å². The molecule has 7 nitrogen and oxygen atoms in total. The molecule has 2 heterocycles. The fraction of sp³-hybridized carbons (Fsp3) is 0.333. The molecule has 8 heteroatoms. The Hall–Kier alpha value is -2.22.